The summed E-state index contributed by atoms with van der Waals surface area (Å²) in [7, 11) is 0. The summed E-state index contributed by atoms with van der Waals surface area (Å²) in [6, 6.07) is 6.94. The standard InChI is InChI=1S/C13H14ClN3O.ClH/c14-12-4-1-3-11(9-12)13(18)16-5-2-7-17-8-6-15-10-17;/h1,3-4,6,8-10H,2,5,7H2,(H,16,18);1H. The van der Waals surface area contributed by atoms with Crippen molar-refractivity contribution < 1.29 is 22.1 Å². The zero-order chi connectivity index (χ0) is 12.8. The molecule has 0 aliphatic carbocycles. The Kier molecular flexibility index (Phi) is 6.56. The summed E-state index contributed by atoms with van der Waals surface area (Å²) in [6.45, 7) is 1.58. The molecule has 1 aliphatic heterocycles. The van der Waals surface area contributed by atoms with Crippen molar-refractivity contribution in [1.29, 1.82) is 0 Å². The number of carbonyl (C=O) groups excluding carboxylic acids is 1. The Morgan fingerprint density at radius 3 is 2.95 bits per heavy atom. The predicted octanol–water partition coefficient (Wildman–Crippen LogP) is -2.14. The average molecular weight is 300 g/mol. The van der Waals surface area contributed by atoms with Crippen LogP contribution in [0.25, 0.3) is 0 Å². The highest BCUT2D eigenvalue weighted by Crippen LogP contribution is 2.10. The summed E-state index contributed by atoms with van der Waals surface area (Å²) < 4.78 is 0. The summed E-state index contributed by atoms with van der Waals surface area (Å²) in [5.41, 5.74) is 0.595. The highest BCUT2D eigenvalue weighted by atomic mass is 35.5. The quantitative estimate of drug-likeness (QED) is 0.599. The average Bonchev–Trinajstić information content (AvgIpc) is 2.87. The third-order valence-corrected chi connectivity index (χ3v) is 2.86. The second kappa shape index (κ2) is 7.94. The second-order valence-electron chi connectivity index (χ2n) is 4.04. The number of nitrogens with zero attached hydrogens (tertiary/aromatic N) is 1. The molecule has 2 rings (SSSR count). The van der Waals surface area contributed by atoms with Crippen LogP contribution in [-0.4, -0.2) is 25.3 Å². The van der Waals surface area contributed by atoms with Gasteiger partial charge < -0.3 is 17.7 Å². The molecule has 0 fully saturated rings. The van der Waals surface area contributed by atoms with Crippen molar-refractivity contribution in [2.45, 2.75) is 6.42 Å². The zero-order valence-electron chi connectivity index (χ0n) is 10.3. The molecule has 1 aromatic rings. The fourth-order valence-electron chi connectivity index (χ4n) is 1.69. The Labute approximate surface area is 123 Å². The van der Waals surface area contributed by atoms with E-state index in [1.54, 1.807) is 30.5 Å². The van der Waals surface area contributed by atoms with Crippen molar-refractivity contribution in [2.24, 2.45) is 4.99 Å². The third kappa shape index (κ3) is 5.03. The molecule has 1 atom stereocenters. The Balaban J connectivity index is 0.00000180. The summed E-state index contributed by atoms with van der Waals surface area (Å²) in [6.07, 6.45) is 6.51. The molecule has 0 spiro atoms. The number of benzene rings is 1. The number of amides is 1. The van der Waals surface area contributed by atoms with Gasteiger partial charge in [-0.3, -0.25) is 9.69 Å². The van der Waals surface area contributed by atoms with Gasteiger partial charge in [0, 0.05) is 23.6 Å². The van der Waals surface area contributed by atoms with Crippen LogP contribution >= 0.6 is 11.6 Å². The molecule has 0 saturated heterocycles. The molecule has 6 heteroatoms. The molecule has 1 heterocycles. The minimum Gasteiger partial charge on any atom is -1.00 e. The molecule has 4 nitrogen and oxygen atoms in total. The minimum atomic E-state index is -0.0851. The van der Waals surface area contributed by atoms with Crippen molar-refractivity contribution in [3.8, 4) is 0 Å². The van der Waals surface area contributed by atoms with Gasteiger partial charge in [-0.2, -0.15) is 0 Å². The van der Waals surface area contributed by atoms with E-state index in [2.05, 4.69) is 10.3 Å². The highest BCUT2D eigenvalue weighted by molar-refractivity contribution is 6.30. The van der Waals surface area contributed by atoms with Crippen LogP contribution in [0.15, 0.2) is 41.7 Å². The van der Waals surface area contributed by atoms with Gasteiger partial charge in [0.05, 0.1) is 12.7 Å². The number of quaternary nitrogens is 1. The molecule has 0 radical (unpaired) electrons. The van der Waals surface area contributed by atoms with Crippen molar-refractivity contribution in [1.82, 2.24) is 5.32 Å². The van der Waals surface area contributed by atoms with Gasteiger partial charge in [0.2, 0.25) is 0 Å². The first-order chi connectivity index (χ1) is 8.75. The molecule has 0 saturated carbocycles. The van der Waals surface area contributed by atoms with Gasteiger partial charge in [0.1, 0.15) is 6.20 Å². The summed E-state index contributed by atoms with van der Waals surface area (Å²) in [4.78, 5) is 17.0. The molecular weight excluding hydrogens is 285 g/mol. The first-order valence-electron chi connectivity index (χ1n) is 5.85. The number of nitrogens with one attached hydrogen (secondary N) is 2. The molecule has 1 unspecified atom stereocenters. The number of hydrogen-bond donors (Lipinski definition) is 2. The normalized spacial score (nSPS) is 16.2. The smallest absolute Gasteiger partial charge is 0.251 e. The fourth-order valence-corrected chi connectivity index (χ4v) is 1.88. The van der Waals surface area contributed by atoms with E-state index in [-0.39, 0.29) is 18.3 Å². The first-order valence-corrected chi connectivity index (χ1v) is 6.23. The van der Waals surface area contributed by atoms with E-state index in [1.165, 1.54) is 4.90 Å². The zero-order valence-corrected chi connectivity index (χ0v) is 11.8. The number of hydrogen-bond acceptors (Lipinski definition) is 2. The van der Waals surface area contributed by atoms with Crippen LogP contribution < -0.4 is 22.6 Å². The van der Waals surface area contributed by atoms with Gasteiger partial charge in [-0.1, -0.05) is 17.7 Å². The van der Waals surface area contributed by atoms with Crippen LogP contribution in [0.3, 0.4) is 0 Å². The third-order valence-electron chi connectivity index (χ3n) is 2.63. The maximum atomic E-state index is 11.8. The van der Waals surface area contributed by atoms with Crippen molar-refractivity contribution in [3.63, 3.8) is 0 Å². The maximum Gasteiger partial charge on any atom is 0.251 e. The van der Waals surface area contributed by atoms with Gasteiger partial charge in [-0.25, -0.2) is 4.99 Å². The van der Waals surface area contributed by atoms with Gasteiger partial charge in [0.15, 0.2) is 6.34 Å². The van der Waals surface area contributed by atoms with Crippen molar-refractivity contribution >= 4 is 23.8 Å². The van der Waals surface area contributed by atoms with Crippen LogP contribution in [-0.2, 0) is 0 Å². The lowest BCUT2D eigenvalue weighted by Gasteiger charge is -2.07. The minimum absolute atomic E-state index is 0. The van der Waals surface area contributed by atoms with Crippen LogP contribution in [0.5, 0.6) is 0 Å². The Hall–Kier alpha value is -1.36. The van der Waals surface area contributed by atoms with Crippen LogP contribution in [0.4, 0.5) is 0 Å². The van der Waals surface area contributed by atoms with Crippen LogP contribution in [0.2, 0.25) is 5.02 Å². The first kappa shape index (κ1) is 15.7. The largest absolute Gasteiger partial charge is 1.00 e. The lowest BCUT2D eigenvalue weighted by Crippen LogP contribution is -3.05. The van der Waals surface area contributed by atoms with Gasteiger partial charge >= 0.3 is 0 Å². The summed E-state index contributed by atoms with van der Waals surface area (Å²) in [5, 5.41) is 3.45. The van der Waals surface area contributed by atoms with E-state index < -0.39 is 0 Å². The number of rotatable bonds is 5. The lowest BCUT2D eigenvalue weighted by atomic mass is 10.2. The fraction of sp³-hybridized carbons (Fsp3) is 0.231. The molecule has 102 valence electrons. The molecule has 2 N–H and O–H groups in total. The monoisotopic (exact) mass is 299 g/mol. The number of halogens is 2. The molecular formula is C13H15Cl2N3O. The molecule has 1 amide bonds. The van der Waals surface area contributed by atoms with E-state index in [0.29, 0.717) is 17.1 Å². The highest BCUT2D eigenvalue weighted by Gasteiger charge is 2.07. The van der Waals surface area contributed by atoms with Gasteiger partial charge in [0.25, 0.3) is 5.91 Å². The number of carbonyl (C=O) groups is 1. The summed E-state index contributed by atoms with van der Waals surface area (Å²) >= 11 is 5.83. The molecule has 1 aliphatic rings. The van der Waals surface area contributed by atoms with E-state index >= 15 is 0 Å². The lowest BCUT2D eigenvalue weighted by molar-refractivity contribution is -0.736. The van der Waals surface area contributed by atoms with Crippen LogP contribution in [0.1, 0.15) is 16.8 Å². The summed E-state index contributed by atoms with van der Waals surface area (Å²) in [5.74, 6) is -0.0851. The Morgan fingerprint density at radius 2 is 2.26 bits per heavy atom. The topological polar surface area (TPSA) is 45.9 Å². The number of aliphatic imine (C=N–C) groups is 1. The molecule has 19 heavy (non-hydrogen) atoms. The predicted molar refractivity (Wildman–Crippen MR) is 71.9 cm³/mol. The maximum absolute atomic E-state index is 11.8. The van der Waals surface area contributed by atoms with Gasteiger partial charge in [-0.05, 0) is 18.2 Å². The second-order valence-corrected chi connectivity index (χ2v) is 4.48. The Bertz CT molecular complexity index is 477. The molecule has 1 aromatic carbocycles. The Morgan fingerprint density at radius 1 is 1.42 bits per heavy atom. The van der Waals surface area contributed by atoms with Crippen molar-refractivity contribution in [2.75, 3.05) is 13.1 Å². The SMILES string of the molecule is O=C(NCCC[NH+]1C=CN=C1)c1cccc(Cl)c1.[Cl-]. The van der Waals surface area contributed by atoms with E-state index in [9.17, 15) is 4.79 Å². The van der Waals surface area contributed by atoms with Crippen LogP contribution in [0, 0.1) is 0 Å². The van der Waals surface area contributed by atoms with E-state index in [1.807, 2.05) is 12.5 Å². The van der Waals surface area contributed by atoms with Crippen molar-refractivity contribution in [3.05, 3.63) is 47.3 Å². The van der Waals surface area contributed by atoms with E-state index in [0.717, 1.165) is 13.0 Å². The molecule has 0 aromatic heterocycles. The van der Waals surface area contributed by atoms with E-state index in [4.69, 9.17) is 11.6 Å². The van der Waals surface area contributed by atoms with Gasteiger partial charge in [-0.15, -0.1) is 0 Å². The molecule has 0 bridgehead atoms.